The largest absolute Gasteiger partial charge is 0.464 e. The summed E-state index contributed by atoms with van der Waals surface area (Å²) < 4.78 is 20.4. The Morgan fingerprint density at radius 3 is 2.74 bits per heavy atom. The monoisotopic (exact) mass is 325 g/mol. The van der Waals surface area contributed by atoms with E-state index in [1.165, 1.54) is 6.07 Å². The van der Waals surface area contributed by atoms with E-state index in [0.717, 1.165) is 22.4 Å². The van der Waals surface area contributed by atoms with Crippen molar-refractivity contribution in [2.45, 2.75) is 25.8 Å². The Balaban J connectivity index is 2.21. The minimum absolute atomic E-state index is 0.0240. The van der Waals surface area contributed by atoms with Crippen molar-refractivity contribution in [2.24, 2.45) is 0 Å². The molecule has 0 aliphatic heterocycles. The number of hydrogen-bond acceptors (Lipinski definition) is 2. The molecule has 0 saturated heterocycles. The van der Waals surface area contributed by atoms with Crippen molar-refractivity contribution in [2.75, 3.05) is 7.05 Å². The lowest BCUT2D eigenvalue weighted by Crippen LogP contribution is -2.18. The van der Waals surface area contributed by atoms with Crippen molar-refractivity contribution in [3.63, 3.8) is 0 Å². The molecule has 2 rings (SSSR count). The van der Waals surface area contributed by atoms with Crippen molar-refractivity contribution >= 4 is 15.9 Å². The van der Waals surface area contributed by atoms with E-state index in [2.05, 4.69) is 21.2 Å². The summed E-state index contributed by atoms with van der Waals surface area (Å²) >= 11 is 3.37. The summed E-state index contributed by atoms with van der Waals surface area (Å²) in [7, 11) is 1.86. The van der Waals surface area contributed by atoms with Gasteiger partial charge in [-0.15, -0.1) is 0 Å². The molecule has 0 bridgehead atoms. The van der Waals surface area contributed by atoms with Gasteiger partial charge in [-0.25, -0.2) is 4.39 Å². The van der Waals surface area contributed by atoms with E-state index in [4.69, 9.17) is 4.42 Å². The van der Waals surface area contributed by atoms with Crippen LogP contribution in [0.25, 0.3) is 0 Å². The van der Waals surface area contributed by atoms with Gasteiger partial charge in [-0.3, -0.25) is 0 Å². The van der Waals surface area contributed by atoms with E-state index in [1.54, 1.807) is 6.07 Å². The first-order valence-corrected chi connectivity index (χ1v) is 7.13. The normalized spacial score (nSPS) is 12.6. The molecule has 1 N–H and O–H groups in total. The van der Waals surface area contributed by atoms with Gasteiger partial charge in [-0.2, -0.15) is 0 Å². The number of hydrogen-bond donors (Lipinski definition) is 1. The fraction of sp³-hybridized carbons (Fsp3) is 0.333. The van der Waals surface area contributed by atoms with E-state index in [0.29, 0.717) is 12.0 Å². The first-order valence-electron chi connectivity index (χ1n) is 6.33. The molecule has 0 amide bonds. The summed E-state index contributed by atoms with van der Waals surface area (Å²) in [6.07, 6.45) is 1.42. The summed E-state index contributed by atoms with van der Waals surface area (Å²) in [5.41, 5.74) is 0.670. The highest BCUT2D eigenvalue weighted by molar-refractivity contribution is 9.10. The lowest BCUT2D eigenvalue weighted by atomic mass is 10.0. The van der Waals surface area contributed by atoms with Crippen LogP contribution in [-0.2, 0) is 12.8 Å². The molecule has 2 nitrogen and oxygen atoms in total. The van der Waals surface area contributed by atoms with Crippen LogP contribution < -0.4 is 5.32 Å². The molecule has 1 aromatic carbocycles. The number of furan rings is 1. The molecular weight excluding hydrogens is 309 g/mol. The molecule has 0 radical (unpaired) electrons. The van der Waals surface area contributed by atoms with Crippen molar-refractivity contribution in [1.29, 1.82) is 0 Å². The summed E-state index contributed by atoms with van der Waals surface area (Å²) in [6.45, 7) is 2.05. The fourth-order valence-corrected chi connectivity index (χ4v) is 2.44. The van der Waals surface area contributed by atoms with Crippen molar-refractivity contribution in [3.05, 3.63) is 57.7 Å². The van der Waals surface area contributed by atoms with Gasteiger partial charge in [0.05, 0.1) is 6.04 Å². The van der Waals surface area contributed by atoms with E-state index in [1.807, 2.05) is 32.2 Å². The maximum atomic E-state index is 13.8. The highest BCUT2D eigenvalue weighted by Gasteiger charge is 2.16. The molecule has 0 spiro atoms. The van der Waals surface area contributed by atoms with Crippen LogP contribution in [-0.4, -0.2) is 7.05 Å². The van der Waals surface area contributed by atoms with Crippen molar-refractivity contribution in [1.82, 2.24) is 5.32 Å². The predicted octanol–water partition coefficient (Wildman–Crippen LogP) is 4.25. The average Bonchev–Trinajstić information content (AvgIpc) is 2.88. The number of halogens is 2. The maximum absolute atomic E-state index is 13.8. The molecule has 0 aliphatic carbocycles. The summed E-state index contributed by atoms with van der Waals surface area (Å²) in [5, 5.41) is 3.18. The van der Waals surface area contributed by atoms with Crippen molar-refractivity contribution < 1.29 is 8.81 Å². The van der Waals surface area contributed by atoms with Crippen LogP contribution >= 0.6 is 15.9 Å². The predicted molar refractivity (Wildman–Crippen MR) is 77.7 cm³/mol. The lowest BCUT2D eigenvalue weighted by molar-refractivity contribution is 0.404. The van der Waals surface area contributed by atoms with Gasteiger partial charge in [-0.05, 0) is 49.4 Å². The van der Waals surface area contributed by atoms with Crippen LogP contribution in [0.1, 0.15) is 30.0 Å². The van der Waals surface area contributed by atoms with Crippen LogP contribution in [0.4, 0.5) is 4.39 Å². The lowest BCUT2D eigenvalue weighted by Gasteiger charge is -2.14. The molecule has 1 aromatic heterocycles. The van der Waals surface area contributed by atoms with Gasteiger partial charge in [0.25, 0.3) is 0 Å². The SMILES string of the molecule is CCc1ccc(C(Cc2cc(Br)ccc2F)NC)o1. The summed E-state index contributed by atoms with van der Waals surface area (Å²) in [6, 6.07) is 8.89. The highest BCUT2D eigenvalue weighted by atomic mass is 79.9. The van der Waals surface area contributed by atoms with Crippen LogP contribution in [0.15, 0.2) is 39.2 Å². The minimum atomic E-state index is -0.189. The Labute approximate surface area is 121 Å². The summed E-state index contributed by atoms with van der Waals surface area (Å²) in [5.74, 6) is 1.61. The zero-order valence-corrected chi connectivity index (χ0v) is 12.6. The van der Waals surface area contributed by atoms with Crippen LogP contribution in [0.2, 0.25) is 0 Å². The van der Waals surface area contributed by atoms with Crippen LogP contribution in [0, 0.1) is 5.82 Å². The number of rotatable bonds is 5. The molecule has 0 saturated carbocycles. The molecular formula is C15H17BrFNO. The Morgan fingerprint density at radius 2 is 2.11 bits per heavy atom. The topological polar surface area (TPSA) is 25.2 Å². The Morgan fingerprint density at radius 1 is 1.32 bits per heavy atom. The molecule has 1 unspecified atom stereocenters. The van der Waals surface area contributed by atoms with Gasteiger partial charge in [0.2, 0.25) is 0 Å². The van der Waals surface area contributed by atoms with E-state index < -0.39 is 0 Å². The van der Waals surface area contributed by atoms with Crippen LogP contribution in [0.3, 0.4) is 0 Å². The fourth-order valence-electron chi connectivity index (χ4n) is 2.04. The van der Waals surface area contributed by atoms with E-state index in [9.17, 15) is 4.39 Å². The third kappa shape index (κ3) is 3.45. The number of nitrogens with one attached hydrogen (secondary N) is 1. The Kier molecular flexibility index (Phi) is 4.77. The van der Waals surface area contributed by atoms with Gasteiger partial charge >= 0.3 is 0 Å². The second-order valence-electron chi connectivity index (χ2n) is 4.44. The van der Waals surface area contributed by atoms with Gasteiger partial charge in [0.15, 0.2) is 0 Å². The highest BCUT2D eigenvalue weighted by Crippen LogP contribution is 2.24. The maximum Gasteiger partial charge on any atom is 0.126 e. The molecule has 4 heteroatoms. The zero-order valence-electron chi connectivity index (χ0n) is 11.0. The molecule has 1 heterocycles. The Hall–Kier alpha value is -1.13. The quantitative estimate of drug-likeness (QED) is 0.889. The van der Waals surface area contributed by atoms with E-state index in [-0.39, 0.29) is 11.9 Å². The van der Waals surface area contributed by atoms with Gasteiger partial charge < -0.3 is 9.73 Å². The van der Waals surface area contributed by atoms with Gasteiger partial charge in [0, 0.05) is 10.9 Å². The second kappa shape index (κ2) is 6.35. The van der Waals surface area contributed by atoms with Gasteiger partial charge in [-0.1, -0.05) is 22.9 Å². The Bertz CT molecular complexity index is 553. The first kappa shape index (κ1) is 14.3. The number of likely N-dealkylation sites (N-methyl/N-ethyl adjacent to an activating group) is 1. The zero-order chi connectivity index (χ0) is 13.8. The first-order chi connectivity index (χ1) is 9.13. The minimum Gasteiger partial charge on any atom is -0.464 e. The molecule has 1 atom stereocenters. The molecule has 102 valence electrons. The second-order valence-corrected chi connectivity index (χ2v) is 5.35. The standard InChI is InChI=1S/C15H17BrFNO/c1-3-12-5-7-15(19-12)14(18-2)9-10-8-11(16)4-6-13(10)17/h4-8,14,18H,3,9H2,1-2H3. The molecule has 19 heavy (non-hydrogen) atoms. The summed E-state index contributed by atoms with van der Waals surface area (Å²) in [4.78, 5) is 0. The molecule has 0 aliphatic rings. The third-order valence-corrected chi connectivity index (χ3v) is 3.65. The average molecular weight is 326 g/mol. The molecule has 0 fully saturated rings. The van der Waals surface area contributed by atoms with Gasteiger partial charge in [0.1, 0.15) is 17.3 Å². The van der Waals surface area contributed by atoms with Crippen molar-refractivity contribution in [3.8, 4) is 0 Å². The third-order valence-electron chi connectivity index (χ3n) is 3.15. The number of aryl methyl sites for hydroxylation is 1. The van der Waals surface area contributed by atoms with E-state index >= 15 is 0 Å². The smallest absolute Gasteiger partial charge is 0.126 e. The molecule has 2 aromatic rings. The number of benzene rings is 1. The van der Waals surface area contributed by atoms with Crippen LogP contribution in [0.5, 0.6) is 0 Å².